The molecule has 0 amide bonds. The summed E-state index contributed by atoms with van der Waals surface area (Å²) >= 11 is 0. The number of benzene rings is 2. The van der Waals surface area contributed by atoms with Gasteiger partial charge in [-0.2, -0.15) is 0 Å². The Balaban J connectivity index is 2.39. The van der Waals surface area contributed by atoms with Gasteiger partial charge in [-0.05, 0) is 29.3 Å². The Morgan fingerprint density at radius 1 is 1.00 bits per heavy atom. The predicted octanol–water partition coefficient (Wildman–Crippen LogP) is 3.47. The number of methoxy groups -OCH3 is 1. The number of ether oxygens (including phenoxy) is 1. The minimum Gasteiger partial charge on any atom is -0.465 e. The fourth-order valence-corrected chi connectivity index (χ4v) is 2.02. The largest absolute Gasteiger partial charge is 0.465 e. The van der Waals surface area contributed by atoms with E-state index in [0.717, 1.165) is 16.8 Å². The zero-order chi connectivity index (χ0) is 15.2. The van der Waals surface area contributed by atoms with Crippen LogP contribution in [0.3, 0.4) is 0 Å². The molecule has 2 rings (SSSR count). The summed E-state index contributed by atoms with van der Waals surface area (Å²) in [5.74, 6) is -0.335. The number of hydrogen-bond donors (Lipinski definition) is 0. The zero-order valence-corrected chi connectivity index (χ0v) is 12.5. The van der Waals surface area contributed by atoms with Gasteiger partial charge >= 0.3 is 5.97 Å². The van der Waals surface area contributed by atoms with E-state index in [2.05, 4.69) is 0 Å². The van der Waals surface area contributed by atoms with Crippen LogP contribution in [0.15, 0.2) is 54.6 Å². The van der Waals surface area contributed by atoms with Gasteiger partial charge in [-0.25, -0.2) is 4.79 Å². The molecule has 3 nitrogen and oxygen atoms in total. The second kappa shape index (κ2) is 6.75. The highest BCUT2D eigenvalue weighted by atomic mass is 16.5. The van der Waals surface area contributed by atoms with E-state index >= 15 is 0 Å². The maximum absolute atomic E-state index is 12.0. The molecule has 21 heavy (non-hydrogen) atoms. The van der Waals surface area contributed by atoms with Crippen LogP contribution in [0.25, 0.3) is 11.6 Å². The number of carbonyl (C=O) groups is 1. The fraction of sp³-hybridized carbons (Fsp3) is 0.167. The Kier molecular flexibility index (Phi) is 4.77. The molecule has 0 radical (unpaired) electrons. The van der Waals surface area contributed by atoms with Crippen LogP contribution >= 0.6 is 0 Å². The summed E-state index contributed by atoms with van der Waals surface area (Å²) in [5, 5.41) is 0. The lowest BCUT2D eigenvalue weighted by molar-refractivity contribution is -0.133. The second-order valence-electron chi connectivity index (χ2n) is 4.90. The molecular formula is C18H19NO2. The molecule has 0 saturated heterocycles. The number of carbonyl (C=O) groups excluding carboxylic acids is 1. The lowest BCUT2D eigenvalue weighted by Gasteiger charge is -2.12. The normalized spacial score (nSPS) is 11.1. The average molecular weight is 281 g/mol. The minimum atomic E-state index is -0.335. The molecule has 0 aliphatic carbocycles. The van der Waals surface area contributed by atoms with E-state index in [1.807, 2.05) is 79.7 Å². The number of nitrogens with zero attached hydrogens (tertiary/aromatic N) is 1. The average Bonchev–Trinajstić information content (AvgIpc) is 2.53. The van der Waals surface area contributed by atoms with E-state index in [-0.39, 0.29) is 5.97 Å². The van der Waals surface area contributed by atoms with Gasteiger partial charge in [-0.15, -0.1) is 0 Å². The lowest BCUT2D eigenvalue weighted by atomic mass is 10.0. The molecule has 0 bridgehead atoms. The first-order valence-electron chi connectivity index (χ1n) is 6.74. The molecule has 0 unspecified atom stereocenters. The monoisotopic (exact) mass is 281 g/mol. The first-order chi connectivity index (χ1) is 10.1. The van der Waals surface area contributed by atoms with E-state index in [1.165, 1.54) is 7.11 Å². The molecule has 0 aromatic heterocycles. The molecular weight excluding hydrogens is 262 g/mol. The third kappa shape index (κ3) is 3.72. The van der Waals surface area contributed by atoms with Crippen molar-refractivity contribution in [2.75, 3.05) is 26.1 Å². The Hall–Kier alpha value is -2.55. The van der Waals surface area contributed by atoms with E-state index in [1.54, 1.807) is 0 Å². The Labute approximate surface area is 125 Å². The van der Waals surface area contributed by atoms with Gasteiger partial charge in [0.15, 0.2) is 0 Å². The Bertz CT molecular complexity index is 628. The summed E-state index contributed by atoms with van der Waals surface area (Å²) in [5.41, 5.74) is 3.48. The topological polar surface area (TPSA) is 29.5 Å². The molecule has 0 aliphatic rings. The number of esters is 1. The van der Waals surface area contributed by atoms with Crippen molar-refractivity contribution in [3.8, 4) is 0 Å². The van der Waals surface area contributed by atoms with Gasteiger partial charge in [-0.3, -0.25) is 0 Å². The fourth-order valence-electron chi connectivity index (χ4n) is 2.02. The van der Waals surface area contributed by atoms with Crippen molar-refractivity contribution in [1.29, 1.82) is 0 Å². The molecule has 2 aromatic carbocycles. The molecule has 0 aliphatic heterocycles. The summed E-state index contributed by atoms with van der Waals surface area (Å²) < 4.78 is 4.89. The van der Waals surface area contributed by atoms with Crippen LogP contribution in [-0.4, -0.2) is 27.2 Å². The van der Waals surface area contributed by atoms with Gasteiger partial charge < -0.3 is 9.64 Å². The zero-order valence-electron chi connectivity index (χ0n) is 12.5. The van der Waals surface area contributed by atoms with Crippen LogP contribution < -0.4 is 4.90 Å². The van der Waals surface area contributed by atoms with E-state index in [9.17, 15) is 4.79 Å². The third-order valence-corrected chi connectivity index (χ3v) is 3.21. The SMILES string of the molecule is COC(=O)/C(=C\c1ccc(N(C)C)cc1)c1ccccc1. The standard InChI is InChI=1S/C18H19NO2/c1-19(2)16-11-9-14(10-12-16)13-17(18(20)21-3)15-7-5-4-6-8-15/h4-13H,1-3H3/b17-13-. The van der Waals surface area contributed by atoms with Gasteiger partial charge in [0.1, 0.15) is 0 Å². The van der Waals surface area contributed by atoms with E-state index < -0.39 is 0 Å². The molecule has 0 N–H and O–H groups in total. The predicted molar refractivity (Wildman–Crippen MR) is 87.1 cm³/mol. The first-order valence-corrected chi connectivity index (χ1v) is 6.74. The minimum absolute atomic E-state index is 0.335. The number of anilines is 1. The van der Waals surface area contributed by atoms with Crippen LogP contribution in [0.1, 0.15) is 11.1 Å². The Morgan fingerprint density at radius 3 is 2.14 bits per heavy atom. The molecule has 3 heteroatoms. The number of rotatable bonds is 4. The third-order valence-electron chi connectivity index (χ3n) is 3.21. The van der Waals surface area contributed by atoms with Gasteiger partial charge in [0, 0.05) is 19.8 Å². The maximum atomic E-state index is 12.0. The molecule has 108 valence electrons. The van der Waals surface area contributed by atoms with Crippen LogP contribution in [0.5, 0.6) is 0 Å². The summed E-state index contributed by atoms with van der Waals surface area (Å²) in [6.07, 6.45) is 1.85. The maximum Gasteiger partial charge on any atom is 0.338 e. The molecule has 0 saturated carbocycles. The van der Waals surface area contributed by atoms with Crippen LogP contribution in [0.4, 0.5) is 5.69 Å². The Morgan fingerprint density at radius 2 is 1.62 bits per heavy atom. The quantitative estimate of drug-likeness (QED) is 0.488. The van der Waals surface area contributed by atoms with Gasteiger partial charge in [0.2, 0.25) is 0 Å². The van der Waals surface area contributed by atoms with Crippen LogP contribution in [0, 0.1) is 0 Å². The van der Waals surface area contributed by atoms with Crippen LogP contribution in [0.2, 0.25) is 0 Å². The van der Waals surface area contributed by atoms with Crippen molar-refractivity contribution in [1.82, 2.24) is 0 Å². The second-order valence-corrected chi connectivity index (χ2v) is 4.90. The summed E-state index contributed by atoms with van der Waals surface area (Å²) in [4.78, 5) is 14.0. The van der Waals surface area contributed by atoms with Gasteiger partial charge in [0.25, 0.3) is 0 Å². The van der Waals surface area contributed by atoms with Gasteiger partial charge in [-0.1, -0.05) is 42.5 Å². The highest BCUT2D eigenvalue weighted by Gasteiger charge is 2.12. The molecule has 0 spiro atoms. The summed E-state index contributed by atoms with van der Waals surface area (Å²) in [6.45, 7) is 0. The highest BCUT2D eigenvalue weighted by molar-refractivity contribution is 6.21. The van der Waals surface area contributed by atoms with E-state index in [0.29, 0.717) is 5.57 Å². The lowest BCUT2D eigenvalue weighted by Crippen LogP contribution is -2.08. The first kappa shape index (κ1) is 14.9. The number of hydrogen-bond acceptors (Lipinski definition) is 3. The van der Waals surface area contributed by atoms with E-state index in [4.69, 9.17) is 4.74 Å². The van der Waals surface area contributed by atoms with Crippen molar-refractivity contribution >= 4 is 23.3 Å². The van der Waals surface area contributed by atoms with Crippen molar-refractivity contribution in [2.24, 2.45) is 0 Å². The molecule has 0 heterocycles. The van der Waals surface area contributed by atoms with Crippen molar-refractivity contribution < 1.29 is 9.53 Å². The van der Waals surface area contributed by atoms with Crippen molar-refractivity contribution in [2.45, 2.75) is 0 Å². The molecule has 0 atom stereocenters. The smallest absolute Gasteiger partial charge is 0.338 e. The highest BCUT2D eigenvalue weighted by Crippen LogP contribution is 2.21. The molecule has 2 aromatic rings. The molecule has 0 fully saturated rings. The van der Waals surface area contributed by atoms with Crippen LogP contribution in [-0.2, 0) is 9.53 Å². The van der Waals surface area contributed by atoms with Crippen molar-refractivity contribution in [3.63, 3.8) is 0 Å². The van der Waals surface area contributed by atoms with Gasteiger partial charge in [0.05, 0.1) is 12.7 Å². The summed E-state index contributed by atoms with van der Waals surface area (Å²) in [6, 6.07) is 17.5. The van der Waals surface area contributed by atoms with Crippen molar-refractivity contribution in [3.05, 3.63) is 65.7 Å². The summed E-state index contributed by atoms with van der Waals surface area (Å²) in [7, 11) is 5.39.